The Morgan fingerprint density at radius 3 is 2.36 bits per heavy atom. The fraction of sp³-hybridized carbons (Fsp3) is 0.611. The molecule has 1 saturated heterocycles. The minimum Gasteiger partial charge on any atom is -0.391 e. The highest BCUT2D eigenvalue weighted by molar-refractivity contribution is 5.24. The predicted molar refractivity (Wildman–Crippen MR) is 86.2 cm³/mol. The van der Waals surface area contributed by atoms with Crippen LogP contribution in [0, 0.1) is 11.3 Å². The van der Waals surface area contributed by atoms with E-state index in [1.165, 1.54) is 6.42 Å². The second-order valence-corrected chi connectivity index (χ2v) is 6.43. The zero-order valence-electron chi connectivity index (χ0n) is 13.1. The van der Waals surface area contributed by atoms with Crippen molar-refractivity contribution >= 4 is 0 Å². The number of benzene rings is 1. The van der Waals surface area contributed by atoms with Crippen LogP contribution in [0.5, 0.6) is 0 Å². The maximum absolute atomic E-state index is 10.2. The molecule has 3 atom stereocenters. The van der Waals surface area contributed by atoms with Crippen molar-refractivity contribution in [3.05, 3.63) is 35.9 Å². The SMILES string of the molecule is N#CC(c1ccccc1)N1CCN(C2CCCCC2O)CC1. The molecule has 1 N–H and O–H groups in total. The van der Waals surface area contributed by atoms with E-state index in [0.29, 0.717) is 6.04 Å². The third-order valence-electron chi connectivity index (χ3n) is 5.11. The van der Waals surface area contributed by atoms with Gasteiger partial charge in [-0.05, 0) is 18.4 Å². The zero-order chi connectivity index (χ0) is 15.4. The molecule has 4 heteroatoms. The Balaban J connectivity index is 1.60. The number of hydrogen-bond donors (Lipinski definition) is 1. The second kappa shape index (κ2) is 7.23. The lowest BCUT2D eigenvalue weighted by molar-refractivity contribution is -0.00720. The van der Waals surface area contributed by atoms with Crippen LogP contribution in [-0.2, 0) is 0 Å². The molecule has 2 aliphatic rings. The minimum absolute atomic E-state index is 0.153. The molecule has 1 saturated carbocycles. The van der Waals surface area contributed by atoms with Gasteiger partial charge in [0.15, 0.2) is 0 Å². The monoisotopic (exact) mass is 299 g/mol. The van der Waals surface area contributed by atoms with Gasteiger partial charge in [-0.1, -0.05) is 43.2 Å². The number of hydrogen-bond acceptors (Lipinski definition) is 4. The fourth-order valence-electron chi connectivity index (χ4n) is 3.85. The molecule has 1 aromatic rings. The van der Waals surface area contributed by atoms with Crippen molar-refractivity contribution < 1.29 is 5.11 Å². The first-order valence-corrected chi connectivity index (χ1v) is 8.40. The summed E-state index contributed by atoms with van der Waals surface area (Å²) in [6.45, 7) is 3.70. The summed E-state index contributed by atoms with van der Waals surface area (Å²) in [4.78, 5) is 4.70. The lowest BCUT2D eigenvalue weighted by atomic mass is 9.91. The summed E-state index contributed by atoms with van der Waals surface area (Å²) in [5, 5.41) is 19.8. The number of aliphatic hydroxyl groups is 1. The van der Waals surface area contributed by atoms with E-state index in [9.17, 15) is 10.4 Å². The maximum Gasteiger partial charge on any atom is 0.123 e. The second-order valence-electron chi connectivity index (χ2n) is 6.43. The zero-order valence-corrected chi connectivity index (χ0v) is 13.1. The smallest absolute Gasteiger partial charge is 0.123 e. The van der Waals surface area contributed by atoms with Gasteiger partial charge in [0.25, 0.3) is 0 Å². The molecule has 3 rings (SSSR count). The number of nitrogens with zero attached hydrogens (tertiary/aromatic N) is 3. The quantitative estimate of drug-likeness (QED) is 0.929. The molecule has 0 radical (unpaired) electrons. The van der Waals surface area contributed by atoms with Crippen LogP contribution in [0.25, 0.3) is 0 Å². The van der Waals surface area contributed by atoms with Gasteiger partial charge in [-0.15, -0.1) is 0 Å². The summed E-state index contributed by atoms with van der Waals surface area (Å²) in [5.41, 5.74) is 1.08. The largest absolute Gasteiger partial charge is 0.391 e. The van der Waals surface area contributed by atoms with Crippen LogP contribution in [0.15, 0.2) is 30.3 Å². The lowest BCUT2D eigenvalue weighted by Crippen LogP contribution is -2.54. The molecule has 2 fully saturated rings. The van der Waals surface area contributed by atoms with Gasteiger partial charge in [0, 0.05) is 32.2 Å². The Bertz CT molecular complexity index is 505. The molecule has 0 bridgehead atoms. The van der Waals surface area contributed by atoms with Crippen molar-refractivity contribution in [1.82, 2.24) is 9.80 Å². The van der Waals surface area contributed by atoms with Crippen LogP contribution >= 0.6 is 0 Å². The van der Waals surface area contributed by atoms with Crippen LogP contribution < -0.4 is 0 Å². The molecule has 118 valence electrons. The lowest BCUT2D eigenvalue weighted by Gasteiger charge is -2.43. The average Bonchev–Trinajstić information content (AvgIpc) is 2.58. The van der Waals surface area contributed by atoms with Crippen molar-refractivity contribution in [1.29, 1.82) is 5.26 Å². The van der Waals surface area contributed by atoms with Gasteiger partial charge in [-0.25, -0.2) is 0 Å². The molecule has 1 aliphatic heterocycles. The number of nitriles is 1. The first-order valence-electron chi connectivity index (χ1n) is 8.40. The topological polar surface area (TPSA) is 50.5 Å². The highest BCUT2D eigenvalue weighted by Crippen LogP contribution is 2.26. The Morgan fingerprint density at radius 1 is 1.05 bits per heavy atom. The molecule has 1 aliphatic carbocycles. The molecule has 3 unspecified atom stereocenters. The van der Waals surface area contributed by atoms with Crippen LogP contribution in [0.4, 0.5) is 0 Å². The maximum atomic E-state index is 10.2. The first kappa shape index (κ1) is 15.5. The molecule has 22 heavy (non-hydrogen) atoms. The van der Waals surface area contributed by atoms with E-state index in [1.807, 2.05) is 30.3 Å². The Morgan fingerprint density at radius 2 is 1.73 bits per heavy atom. The third kappa shape index (κ3) is 3.33. The van der Waals surface area contributed by atoms with Crippen LogP contribution in [-0.4, -0.2) is 53.2 Å². The summed E-state index contributed by atoms with van der Waals surface area (Å²) >= 11 is 0. The van der Waals surface area contributed by atoms with Crippen molar-refractivity contribution in [3.8, 4) is 6.07 Å². The van der Waals surface area contributed by atoms with E-state index in [-0.39, 0.29) is 12.1 Å². The Labute approximate surface area is 133 Å². The van der Waals surface area contributed by atoms with E-state index in [0.717, 1.165) is 51.0 Å². The molecular formula is C18H25N3O. The summed E-state index contributed by atoms with van der Waals surface area (Å²) in [5.74, 6) is 0. The van der Waals surface area contributed by atoms with Crippen molar-refractivity contribution in [2.75, 3.05) is 26.2 Å². The van der Waals surface area contributed by atoms with Gasteiger partial charge < -0.3 is 5.11 Å². The summed E-state index contributed by atoms with van der Waals surface area (Å²) < 4.78 is 0. The van der Waals surface area contributed by atoms with Gasteiger partial charge in [-0.2, -0.15) is 5.26 Å². The molecule has 0 amide bonds. The van der Waals surface area contributed by atoms with Gasteiger partial charge in [0.2, 0.25) is 0 Å². The fourth-order valence-corrected chi connectivity index (χ4v) is 3.85. The van der Waals surface area contributed by atoms with Crippen molar-refractivity contribution in [2.24, 2.45) is 0 Å². The third-order valence-corrected chi connectivity index (χ3v) is 5.11. The number of rotatable bonds is 3. The molecule has 0 aromatic heterocycles. The molecule has 4 nitrogen and oxygen atoms in total. The minimum atomic E-state index is -0.166. The van der Waals surface area contributed by atoms with Crippen LogP contribution in [0.1, 0.15) is 37.3 Å². The molecule has 1 heterocycles. The standard InChI is InChI=1S/C18H25N3O/c19-14-17(15-6-2-1-3-7-15)21-12-10-20(11-13-21)16-8-4-5-9-18(16)22/h1-3,6-7,16-18,22H,4-5,8-13H2. The predicted octanol–water partition coefficient (Wildman–Crippen LogP) is 2.17. The van der Waals surface area contributed by atoms with E-state index < -0.39 is 0 Å². The Kier molecular flexibility index (Phi) is 5.09. The van der Waals surface area contributed by atoms with Gasteiger partial charge in [-0.3, -0.25) is 9.80 Å². The highest BCUT2D eigenvalue weighted by atomic mass is 16.3. The van der Waals surface area contributed by atoms with Crippen LogP contribution in [0.2, 0.25) is 0 Å². The highest BCUT2D eigenvalue weighted by Gasteiger charge is 2.32. The van der Waals surface area contributed by atoms with Crippen molar-refractivity contribution in [2.45, 2.75) is 43.9 Å². The summed E-state index contributed by atoms with van der Waals surface area (Å²) in [6.07, 6.45) is 4.27. The molecule has 0 spiro atoms. The number of aliphatic hydroxyl groups excluding tert-OH is 1. The van der Waals surface area contributed by atoms with Gasteiger partial charge in [0.05, 0.1) is 12.2 Å². The van der Waals surface area contributed by atoms with E-state index in [1.54, 1.807) is 0 Å². The van der Waals surface area contributed by atoms with Crippen molar-refractivity contribution in [3.63, 3.8) is 0 Å². The van der Waals surface area contributed by atoms with E-state index in [4.69, 9.17) is 0 Å². The summed E-state index contributed by atoms with van der Waals surface area (Å²) in [6, 6.07) is 12.7. The summed E-state index contributed by atoms with van der Waals surface area (Å²) in [7, 11) is 0. The first-order chi connectivity index (χ1) is 10.8. The molecule has 1 aromatic carbocycles. The van der Waals surface area contributed by atoms with E-state index >= 15 is 0 Å². The normalized spacial score (nSPS) is 28.9. The Hall–Kier alpha value is -1.41. The van der Waals surface area contributed by atoms with Gasteiger partial charge >= 0.3 is 0 Å². The number of piperazine rings is 1. The van der Waals surface area contributed by atoms with Crippen LogP contribution in [0.3, 0.4) is 0 Å². The molecular weight excluding hydrogens is 274 g/mol. The van der Waals surface area contributed by atoms with Gasteiger partial charge in [0.1, 0.15) is 6.04 Å². The van der Waals surface area contributed by atoms with E-state index in [2.05, 4.69) is 15.9 Å². The average molecular weight is 299 g/mol.